The molecule has 0 aliphatic heterocycles. The summed E-state index contributed by atoms with van der Waals surface area (Å²) in [4.78, 5) is 29.9. The Balaban J connectivity index is 1.86. The highest BCUT2D eigenvalue weighted by Gasteiger charge is 2.36. The monoisotopic (exact) mass is 481 g/mol. The number of carbonyl (C=O) groups is 1. The molecule has 0 bridgehead atoms. The second-order valence-electron chi connectivity index (χ2n) is 9.48. The van der Waals surface area contributed by atoms with Crippen molar-refractivity contribution in [1.82, 2.24) is 10.2 Å². The summed E-state index contributed by atoms with van der Waals surface area (Å²) < 4.78 is 10.8. The SMILES string of the molecule is COCCc1ccc(OCC(O)CNC(C)(C)CN(C(C)=O)[C@@H]2CCCC[C@H]2O[N+](=O)[O-])cc1. The van der Waals surface area contributed by atoms with E-state index >= 15 is 0 Å². The highest BCUT2D eigenvalue weighted by Crippen LogP contribution is 2.27. The quantitative estimate of drug-likeness (QED) is 0.307. The van der Waals surface area contributed by atoms with E-state index in [-0.39, 0.29) is 25.1 Å². The van der Waals surface area contributed by atoms with E-state index in [1.807, 2.05) is 38.1 Å². The van der Waals surface area contributed by atoms with Crippen molar-refractivity contribution in [3.63, 3.8) is 0 Å². The van der Waals surface area contributed by atoms with Crippen LogP contribution >= 0.6 is 0 Å². The first-order valence-electron chi connectivity index (χ1n) is 11.8. The fraction of sp³-hybridized carbons (Fsp3) is 0.708. The lowest BCUT2D eigenvalue weighted by atomic mass is 9.90. The highest BCUT2D eigenvalue weighted by atomic mass is 17.0. The van der Waals surface area contributed by atoms with Crippen LogP contribution in [0.3, 0.4) is 0 Å². The number of β-amino-alcohol motifs (C(OH)–C–C–N with tert-alkyl or cyclic N) is 1. The van der Waals surface area contributed by atoms with E-state index in [9.17, 15) is 20.0 Å². The number of ether oxygens (including phenoxy) is 2. The van der Waals surface area contributed by atoms with Gasteiger partial charge in [0.15, 0.2) is 0 Å². The van der Waals surface area contributed by atoms with Crippen LogP contribution in [0.4, 0.5) is 0 Å². The molecule has 34 heavy (non-hydrogen) atoms. The average Bonchev–Trinajstić information content (AvgIpc) is 2.79. The summed E-state index contributed by atoms with van der Waals surface area (Å²) in [5.41, 5.74) is 0.615. The van der Waals surface area contributed by atoms with Gasteiger partial charge < -0.3 is 29.6 Å². The molecule has 1 aliphatic carbocycles. The number of hydrogen-bond acceptors (Lipinski definition) is 8. The number of hydrogen-bond donors (Lipinski definition) is 2. The molecule has 0 heterocycles. The summed E-state index contributed by atoms with van der Waals surface area (Å²) >= 11 is 0. The van der Waals surface area contributed by atoms with E-state index in [0.29, 0.717) is 31.7 Å². The maximum atomic E-state index is 12.4. The Bertz CT molecular complexity index is 772. The van der Waals surface area contributed by atoms with Crippen molar-refractivity contribution in [2.24, 2.45) is 0 Å². The lowest BCUT2D eigenvalue weighted by Gasteiger charge is -2.42. The molecule has 1 aromatic carbocycles. The van der Waals surface area contributed by atoms with Gasteiger partial charge in [-0.25, -0.2) is 0 Å². The number of nitrogens with zero attached hydrogens (tertiary/aromatic N) is 2. The van der Waals surface area contributed by atoms with Crippen molar-refractivity contribution in [2.45, 2.75) is 76.7 Å². The molecular weight excluding hydrogens is 442 g/mol. The Labute approximate surface area is 201 Å². The molecule has 1 fully saturated rings. The van der Waals surface area contributed by atoms with E-state index in [1.165, 1.54) is 6.92 Å². The number of aliphatic hydroxyl groups is 1. The first-order chi connectivity index (χ1) is 16.1. The van der Waals surface area contributed by atoms with Gasteiger partial charge in [0.25, 0.3) is 5.09 Å². The third-order valence-corrected chi connectivity index (χ3v) is 6.04. The summed E-state index contributed by atoms with van der Waals surface area (Å²) in [6.07, 6.45) is 2.40. The summed E-state index contributed by atoms with van der Waals surface area (Å²) in [7, 11) is 1.67. The molecule has 0 radical (unpaired) electrons. The molecule has 0 aromatic heterocycles. The van der Waals surface area contributed by atoms with Gasteiger partial charge in [0.1, 0.15) is 24.6 Å². The fourth-order valence-corrected chi connectivity index (χ4v) is 4.23. The second kappa shape index (κ2) is 13.5. The molecular formula is C24H39N3O7. The van der Waals surface area contributed by atoms with Crippen molar-refractivity contribution in [1.29, 1.82) is 0 Å². The van der Waals surface area contributed by atoms with Crippen LogP contribution in [0.25, 0.3) is 0 Å². The number of rotatable bonds is 14. The van der Waals surface area contributed by atoms with Crippen LogP contribution in [0.2, 0.25) is 0 Å². The predicted octanol–water partition coefficient (Wildman–Crippen LogP) is 2.35. The third-order valence-electron chi connectivity index (χ3n) is 6.04. The minimum Gasteiger partial charge on any atom is -0.491 e. The van der Waals surface area contributed by atoms with Crippen LogP contribution in [-0.4, -0.2) is 78.2 Å². The molecule has 2 rings (SSSR count). The Morgan fingerprint density at radius 1 is 1.29 bits per heavy atom. The van der Waals surface area contributed by atoms with Crippen molar-refractivity contribution in [3.05, 3.63) is 39.9 Å². The summed E-state index contributed by atoms with van der Waals surface area (Å²) in [6.45, 7) is 6.72. The number of benzene rings is 1. The molecule has 0 saturated heterocycles. The normalized spacial score (nSPS) is 19.3. The van der Waals surface area contributed by atoms with Crippen molar-refractivity contribution in [3.8, 4) is 5.75 Å². The first kappa shape index (κ1) is 27.8. The molecule has 10 nitrogen and oxygen atoms in total. The van der Waals surface area contributed by atoms with Gasteiger partial charge in [-0.3, -0.25) is 4.79 Å². The second-order valence-corrected chi connectivity index (χ2v) is 9.48. The van der Waals surface area contributed by atoms with Crippen LogP contribution in [0, 0.1) is 10.1 Å². The molecule has 192 valence electrons. The Morgan fingerprint density at radius 3 is 2.59 bits per heavy atom. The van der Waals surface area contributed by atoms with Gasteiger partial charge in [-0.15, -0.1) is 10.1 Å². The first-order valence-corrected chi connectivity index (χ1v) is 11.8. The van der Waals surface area contributed by atoms with E-state index in [0.717, 1.165) is 24.8 Å². The van der Waals surface area contributed by atoms with E-state index in [2.05, 4.69) is 5.32 Å². The number of nitrogens with one attached hydrogen (secondary N) is 1. The van der Waals surface area contributed by atoms with Gasteiger partial charge in [-0.05, 0) is 50.8 Å². The number of methoxy groups -OCH3 is 1. The maximum absolute atomic E-state index is 12.4. The van der Waals surface area contributed by atoms with Crippen LogP contribution < -0.4 is 10.1 Å². The molecule has 0 spiro atoms. The van der Waals surface area contributed by atoms with Gasteiger partial charge >= 0.3 is 0 Å². The van der Waals surface area contributed by atoms with Gasteiger partial charge in [0, 0.05) is 32.7 Å². The Kier molecular flexibility index (Phi) is 11.0. The van der Waals surface area contributed by atoms with E-state index in [4.69, 9.17) is 14.3 Å². The molecule has 10 heteroatoms. The van der Waals surface area contributed by atoms with Crippen LogP contribution in [-0.2, 0) is 20.8 Å². The fourth-order valence-electron chi connectivity index (χ4n) is 4.23. The van der Waals surface area contributed by atoms with Gasteiger partial charge in [0.2, 0.25) is 5.91 Å². The summed E-state index contributed by atoms with van der Waals surface area (Å²) in [5, 5.41) is 23.8. The molecule has 3 atom stereocenters. The minimum atomic E-state index is -0.770. The molecule has 1 saturated carbocycles. The Hall–Kier alpha value is -2.43. The van der Waals surface area contributed by atoms with Crippen molar-refractivity contribution >= 4 is 5.91 Å². The lowest BCUT2D eigenvalue weighted by Crippen LogP contribution is -2.58. The zero-order valence-electron chi connectivity index (χ0n) is 20.7. The number of aliphatic hydroxyl groups excluding tert-OH is 1. The highest BCUT2D eigenvalue weighted by molar-refractivity contribution is 5.73. The molecule has 1 aliphatic rings. The number of amides is 1. The summed E-state index contributed by atoms with van der Waals surface area (Å²) in [5.74, 6) is 0.521. The minimum absolute atomic E-state index is 0.123. The maximum Gasteiger partial charge on any atom is 0.294 e. The largest absolute Gasteiger partial charge is 0.491 e. The molecule has 1 aromatic rings. The number of carbonyl (C=O) groups excluding carboxylic acids is 1. The van der Waals surface area contributed by atoms with Gasteiger partial charge in [-0.2, -0.15) is 0 Å². The van der Waals surface area contributed by atoms with Crippen LogP contribution in [0.15, 0.2) is 24.3 Å². The Morgan fingerprint density at radius 2 is 1.97 bits per heavy atom. The zero-order chi connectivity index (χ0) is 25.1. The molecule has 2 N–H and O–H groups in total. The molecule has 1 unspecified atom stereocenters. The van der Waals surface area contributed by atoms with Gasteiger partial charge in [-0.1, -0.05) is 25.0 Å². The van der Waals surface area contributed by atoms with E-state index < -0.39 is 22.8 Å². The van der Waals surface area contributed by atoms with Gasteiger partial charge in [0.05, 0.1) is 12.6 Å². The zero-order valence-corrected chi connectivity index (χ0v) is 20.7. The predicted molar refractivity (Wildman–Crippen MR) is 127 cm³/mol. The third kappa shape index (κ3) is 9.44. The summed E-state index contributed by atoms with van der Waals surface area (Å²) in [6, 6.07) is 7.33. The average molecular weight is 482 g/mol. The van der Waals surface area contributed by atoms with Crippen LogP contribution in [0.5, 0.6) is 5.75 Å². The lowest BCUT2D eigenvalue weighted by molar-refractivity contribution is -0.770. The van der Waals surface area contributed by atoms with Crippen molar-refractivity contribution in [2.75, 3.05) is 33.4 Å². The smallest absolute Gasteiger partial charge is 0.294 e. The van der Waals surface area contributed by atoms with Crippen molar-refractivity contribution < 1.29 is 29.3 Å². The molecule has 1 amide bonds. The topological polar surface area (TPSA) is 123 Å². The van der Waals surface area contributed by atoms with Crippen LogP contribution in [0.1, 0.15) is 52.0 Å². The standard InChI is InChI=1S/C24H39N3O7/c1-18(28)26(22-7-5-6-8-23(22)34-27(30)31)17-24(2,3)25-15-20(29)16-33-21-11-9-19(10-12-21)13-14-32-4/h9-12,20,22-23,25,29H,5-8,13-17H2,1-4H3/t20?,22-,23-/m1/s1. The van der Waals surface area contributed by atoms with E-state index in [1.54, 1.807) is 12.0 Å².